The molecule has 1 amide bonds. The van der Waals surface area contributed by atoms with Gasteiger partial charge in [0.2, 0.25) is 0 Å². The molecule has 7 nitrogen and oxygen atoms in total. The summed E-state index contributed by atoms with van der Waals surface area (Å²) in [5.74, 6) is -0.0623. The van der Waals surface area contributed by atoms with Gasteiger partial charge in [0.15, 0.2) is 0 Å². The first-order valence-electron chi connectivity index (χ1n) is 5.44. The normalized spacial score (nSPS) is 21.8. The number of carbonyl (C=O) groups is 1. The van der Waals surface area contributed by atoms with E-state index in [0.717, 1.165) is 4.31 Å². The van der Waals surface area contributed by atoms with Gasteiger partial charge >= 0.3 is 16.3 Å². The highest BCUT2D eigenvalue weighted by atomic mass is 32.2. The van der Waals surface area contributed by atoms with Crippen molar-refractivity contribution in [1.82, 2.24) is 9.03 Å². The van der Waals surface area contributed by atoms with E-state index in [1.165, 1.54) is 0 Å². The lowest BCUT2D eigenvalue weighted by molar-refractivity contribution is 0.121. The van der Waals surface area contributed by atoms with Crippen LogP contribution in [-0.4, -0.2) is 49.7 Å². The zero-order valence-electron chi connectivity index (χ0n) is 9.92. The molecule has 1 aliphatic heterocycles. The maximum atomic E-state index is 11.7. The summed E-state index contributed by atoms with van der Waals surface area (Å²) >= 11 is 0. The van der Waals surface area contributed by atoms with Gasteiger partial charge in [-0.05, 0) is 26.2 Å². The van der Waals surface area contributed by atoms with Gasteiger partial charge in [-0.25, -0.2) is 9.52 Å². The van der Waals surface area contributed by atoms with Crippen molar-refractivity contribution < 1.29 is 23.1 Å². The second kappa shape index (κ2) is 5.65. The molecule has 1 aliphatic rings. The number of hydrogen-bond donors (Lipinski definition) is 2. The van der Waals surface area contributed by atoms with Crippen molar-refractivity contribution in [2.24, 2.45) is 5.92 Å². The average molecular weight is 266 g/mol. The number of aliphatic hydroxyl groups is 1. The summed E-state index contributed by atoms with van der Waals surface area (Å²) in [5, 5.41) is 8.92. The molecule has 1 rings (SSSR count). The second-order valence-electron chi connectivity index (χ2n) is 4.26. The van der Waals surface area contributed by atoms with Crippen molar-refractivity contribution in [2.75, 3.05) is 19.7 Å². The predicted octanol–water partition coefficient (Wildman–Crippen LogP) is -0.320. The SMILES string of the molecule is CC(C)OC(=O)NS(=O)(=O)N1CCC(CO)C1. The first-order valence-corrected chi connectivity index (χ1v) is 6.88. The molecule has 0 bridgehead atoms. The van der Waals surface area contributed by atoms with Gasteiger partial charge in [-0.3, -0.25) is 0 Å². The molecule has 0 saturated carbocycles. The molecule has 0 aliphatic carbocycles. The van der Waals surface area contributed by atoms with Gasteiger partial charge in [0.25, 0.3) is 0 Å². The summed E-state index contributed by atoms with van der Waals surface area (Å²) in [6.07, 6.45) is -0.766. The van der Waals surface area contributed by atoms with Crippen LogP contribution >= 0.6 is 0 Å². The van der Waals surface area contributed by atoms with Gasteiger partial charge in [-0.1, -0.05) is 0 Å². The highest BCUT2D eigenvalue weighted by Crippen LogP contribution is 2.17. The van der Waals surface area contributed by atoms with Crippen molar-refractivity contribution in [2.45, 2.75) is 26.4 Å². The van der Waals surface area contributed by atoms with Crippen LogP contribution in [0.15, 0.2) is 0 Å². The zero-order chi connectivity index (χ0) is 13.1. The van der Waals surface area contributed by atoms with E-state index in [0.29, 0.717) is 13.0 Å². The van der Waals surface area contributed by atoms with Crippen LogP contribution in [-0.2, 0) is 14.9 Å². The summed E-state index contributed by atoms with van der Waals surface area (Å²) in [7, 11) is -3.85. The summed E-state index contributed by atoms with van der Waals surface area (Å²) < 4.78 is 31.1. The van der Waals surface area contributed by atoms with Gasteiger partial charge in [-0.15, -0.1) is 0 Å². The first kappa shape index (κ1) is 14.2. The lowest BCUT2D eigenvalue weighted by Gasteiger charge is -2.17. The zero-order valence-corrected chi connectivity index (χ0v) is 10.7. The Hall–Kier alpha value is -0.860. The molecule has 17 heavy (non-hydrogen) atoms. The third kappa shape index (κ3) is 4.14. The van der Waals surface area contributed by atoms with Crippen LogP contribution in [0.25, 0.3) is 0 Å². The first-order chi connectivity index (χ1) is 7.85. The smallest absolute Gasteiger partial charge is 0.422 e. The van der Waals surface area contributed by atoms with Crippen molar-refractivity contribution >= 4 is 16.3 Å². The number of amides is 1. The number of carbonyl (C=O) groups excluding carboxylic acids is 1. The van der Waals surface area contributed by atoms with Gasteiger partial charge in [0.05, 0.1) is 6.10 Å². The Balaban J connectivity index is 2.55. The molecule has 8 heteroatoms. The molecule has 1 fully saturated rings. The van der Waals surface area contributed by atoms with Crippen LogP contribution in [0, 0.1) is 5.92 Å². The summed E-state index contributed by atoms with van der Waals surface area (Å²) in [6.45, 7) is 3.73. The molecule has 0 radical (unpaired) electrons. The minimum Gasteiger partial charge on any atom is -0.446 e. The molecule has 2 N–H and O–H groups in total. The van der Waals surface area contributed by atoms with Crippen molar-refractivity contribution in [3.05, 3.63) is 0 Å². The monoisotopic (exact) mass is 266 g/mol. The fraction of sp³-hybridized carbons (Fsp3) is 0.889. The molecule has 0 aromatic rings. The lowest BCUT2D eigenvalue weighted by Crippen LogP contribution is -2.43. The maximum absolute atomic E-state index is 11.7. The second-order valence-corrected chi connectivity index (χ2v) is 5.93. The number of nitrogens with one attached hydrogen (secondary N) is 1. The average Bonchev–Trinajstić information content (AvgIpc) is 2.63. The standard InChI is InChI=1S/C9H18N2O5S/c1-7(2)16-9(13)10-17(14,15)11-4-3-8(5-11)6-12/h7-8,12H,3-6H2,1-2H3,(H,10,13). The lowest BCUT2D eigenvalue weighted by atomic mass is 10.1. The minimum atomic E-state index is -3.85. The molecule has 1 unspecified atom stereocenters. The van der Waals surface area contributed by atoms with Gasteiger partial charge < -0.3 is 9.84 Å². The van der Waals surface area contributed by atoms with E-state index in [-0.39, 0.29) is 25.2 Å². The third-order valence-corrected chi connectivity index (χ3v) is 3.84. The minimum absolute atomic E-state index is 0.0531. The van der Waals surface area contributed by atoms with Gasteiger partial charge in [0, 0.05) is 19.7 Å². The molecule has 1 atom stereocenters. The third-order valence-electron chi connectivity index (χ3n) is 2.40. The molecule has 0 spiro atoms. The van der Waals surface area contributed by atoms with E-state index in [2.05, 4.69) is 0 Å². The summed E-state index contributed by atoms with van der Waals surface area (Å²) in [6, 6.07) is 0. The Morgan fingerprint density at radius 1 is 1.59 bits per heavy atom. The molecule has 100 valence electrons. The van der Waals surface area contributed by atoms with E-state index in [1.807, 2.05) is 4.72 Å². The Kier molecular flexibility index (Phi) is 4.72. The van der Waals surface area contributed by atoms with Crippen LogP contribution in [0.5, 0.6) is 0 Å². The number of ether oxygens (including phenoxy) is 1. The topological polar surface area (TPSA) is 95.9 Å². The molecule has 1 saturated heterocycles. The Morgan fingerprint density at radius 3 is 2.71 bits per heavy atom. The fourth-order valence-corrected chi connectivity index (χ4v) is 2.71. The fourth-order valence-electron chi connectivity index (χ4n) is 1.57. The Morgan fingerprint density at radius 2 is 2.24 bits per heavy atom. The number of rotatable bonds is 4. The van der Waals surface area contributed by atoms with Gasteiger partial charge in [-0.2, -0.15) is 12.7 Å². The van der Waals surface area contributed by atoms with Crippen LogP contribution in [0.4, 0.5) is 4.79 Å². The van der Waals surface area contributed by atoms with Crippen molar-refractivity contribution in [3.63, 3.8) is 0 Å². The van der Waals surface area contributed by atoms with Crippen molar-refractivity contribution in [3.8, 4) is 0 Å². The summed E-state index contributed by atoms with van der Waals surface area (Å²) in [4.78, 5) is 11.2. The van der Waals surface area contributed by atoms with E-state index in [4.69, 9.17) is 9.84 Å². The van der Waals surface area contributed by atoms with Crippen LogP contribution < -0.4 is 4.72 Å². The molecular formula is C9H18N2O5S. The van der Waals surface area contributed by atoms with Crippen LogP contribution in [0.3, 0.4) is 0 Å². The Labute approximate surface area is 101 Å². The maximum Gasteiger partial charge on any atom is 0.422 e. The number of hydrogen-bond acceptors (Lipinski definition) is 5. The molecule has 1 heterocycles. The molecular weight excluding hydrogens is 248 g/mol. The molecule has 0 aromatic heterocycles. The highest BCUT2D eigenvalue weighted by molar-refractivity contribution is 7.87. The molecule has 0 aromatic carbocycles. The number of aliphatic hydroxyl groups excluding tert-OH is 1. The van der Waals surface area contributed by atoms with Gasteiger partial charge in [0.1, 0.15) is 0 Å². The van der Waals surface area contributed by atoms with Crippen LogP contribution in [0.1, 0.15) is 20.3 Å². The van der Waals surface area contributed by atoms with E-state index < -0.39 is 16.3 Å². The predicted molar refractivity (Wildman–Crippen MR) is 60.4 cm³/mol. The largest absolute Gasteiger partial charge is 0.446 e. The highest BCUT2D eigenvalue weighted by Gasteiger charge is 2.32. The number of nitrogens with zero attached hydrogens (tertiary/aromatic N) is 1. The van der Waals surface area contributed by atoms with Crippen LogP contribution in [0.2, 0.25) is 0 Å². The Bertz CT molecular complexity index is 368. The van der Waals surface area contributed by atoms with E-state index >= 15 is 0 Å². The van der Waals surface area contributed by atoms with E-state index in [9.17, 15) is 13.2 Å². The summed E-state index contributed by atoms with van der Waals surface area (Å²) in [5.41, 5.74) is 0. The quantitative estimate of drug-likeness (QED) is 0.727. The van der Waals surface area contributed by atoms with Crippen molar-refractivity contribution in [1.29, 1.82) is 0 Å². The van der Waals surface area contributed by atoms with E-state index in [1.54, 1.807) is 13.8 Å².